The molecule has 3 aromatic rings. The third-order valence-electron chi connectivity index (χ3n) is 4.80. The molecule has 1 aromatic heterocycles. The number of carbonyl (C=O) groups excluding carboxylic acids is 1. The molecular formula is C22H19Cl3F2N4O. The lowest BCUT2D eigenvalue weighted by Gasteiger charge is -2.31. The Balaban J connectivity index is 1.81. The predicted molar refractivity (Wildman–Crippen MR) is 122 cm³/mol. The zero-order chi connectivity index (χ0) is 26.6. The molecule has 1 saturated heterocycles. The van der Waals surface area contributed by atoms with Crippen molar-refractivity contribution < 1.29 is 19.1 Å². The number of halogens is 5. The Labute approximate surface area is 204 Å². The lowest BCUT2D eigenvalue weighted by atomic mass is 10.1. The molecule has 0 spiro atoms. The van der Waals surface area contributed by atoms with E-state index in [0.717, 1.165) is 0 Å². The van der Waals surface area contributed by atoms with Gasteiger partial charge in [0.25, 0.3) is 11.8 Å². The van der Waals surface area contributed by atoms with Gasteiger partial charge in [-0.3, -0.25) is 10.2 Å². The van der Waals surface area contributed by atoms with E-state index in [0.29, 0.717) is 32.6 Å². The molecule has 5 nitrogen and oxygen atoms in total. The number of carbonyl (C=O) groups is 1. The molecule has 0 radical (unpaired) electrons. The van der Waals surface area contributed by atoms with E-state index in [1.807, 2.05) is 0 Å². The average molecular weight is 504 g/mol. The number of benzene rings is 2. The zero-order valence-electron chi connectivity index (χ0n) is 20.6. The van der Waals surface area contributed by atoms with E-state index in [9.17, 15) is 13.6 Å². The van der Waals surface area contributed by atoms with Crippen LogP contribution in [0.2, 0.25) is 15.1 Å². The number of nitrogens with zero attached hydrogens (tertiary/aromatic N) is 3. The summed E-state index contributed by atoms with van der Waals surface area (Å²) in [6, 6.07) is 11.4. The summed E-state index contributed by atoms with van der Waals surface area (Å²) < 4.78 is 61.2. The van der Waals surface area contributed by atoms with Crippen LogP contribution in [0.3, 0.4) is 0 Å². The molecule has 1 fully saturated rings. The highest BCUT2D eigenvalue weighted by Gasteiger charge is 2.35. The molecule has 1 amide bonds. The van der Waals surface area contributed by atoms with E-state index in [1.165, 1.54) is 10.7 Å². The molecule has 0 bridgehead atoms. The molecule has 1 aliphatic rings. The highest BCUT2D eigenvalue weighted by atomic mass is 35.5. The predicted octanol–water partition coefficient (Wildman–Crippen LogP) is 6.18. The van der Waals surface area contributed by atoms with Crippen molar-refractivity contribution in [2.24, 2.45) is 0 Å². The minimum atomic E-state index is -3.58. The lowest BCUT2D eigenvalue weighted by molar-refractivity contribution is -0.0631. The molecule has 1 N–H and O–H groups in total. The van der Waals surface area contributed by atoms with Crippen LogP contribution in [0, 0.1) is 6.92 Å². The Kier molecular flexibility index (Phi) is 5.12. The number of hydrogen-bond donors (Lipinski definition) is 1. The summed E-state index contributed by atoms with van der Waals surface area (Å²) in [6.07, 6.45) is -2.58. The van der Waals surface area contributed by atoms with E-state index in [4.69, 9.17) is 40.3 Å². The summed E-state index contributed by atoms with van der Waals surface area (Å²) >= 11 is 18.5. The van der Waals surface area contributed by atoms with Gasteiger partial charge in [0, 0.05) is 52.5 Å². The highest BCUT2D eigenvalue weighted by molar-refractivity contribution is 6.35. The topological polar surface area (TPSA) is 50.2 Å². The second-order valence-electron chi connectivity index (χ2n) is 7.14. The van der Waals surface area contributed by atoms with Gasteiger partial charge < -0.3 is 0 Å². The fraction of sp³-hybridized carbons (Fsp3) is 0.273. The van der Waals surface area contributed by atoms with Gasteiger partial charge in [-0.05, 0) is 37.3 Å². The molecule has 1 aliphatic heterocycles. The standard InChI is InChI=1S/C22H19Cl3F2N4O/c1-13-19(21(32)29-30-10-8-22(26,27)9-11-30)28-31(18-7-6-16(24)12-17(18)25)20(13)14-2-4-15(23)5-3-14/h2-7,12H,8-11H2,1H3,(H,29,32)/i10D2,11D2. The van der Waals surface area contributed by atoms with Crippen LogP contribution < -0.4 is 5.43 Å². The molecule has 32 heavy (non-hydrogen) atoms. The van der Waals surface area contributed by atoms with Crippen molar-refractivity contribution in [2.45, 2.75) is 25.7 Å². The van der Waals surface area contributed by atoms with Crippen LogP contribution in [0.1, 0.15) is 34.4 Å². The van der Waals surface area contributed by atoms with Gasteiger partial charge in [0.2, 0.25) is 0 Å². The van der Waals surface area contributed by atoms with Gasteiger partial charge in [-0.1, -0.05) is 46.9 Å². The molecule has 10 heteroatoms. The summed E-state index contributed by atoms with van der Waals surface area (Å²) in [7, 11) is 0. The van der Waals surface area contributed by atoms with Crippen molar-refractivity contribution in [2.75, 3.05) is 13.0 Å². The third-order valence-corrected chi connectivity index (χ3v) is 5.59. The van der Waals surface area contributed by atoms with Crippen LogP contribution in [-0.4, -0.2) is 39.6 Å². The molecule has 2 aromatic carbocycles. The SMILES string of the molecule is [2H]C1([2H])CC(F)(F)CC([2H])([2H])N1NC(=O)c1nn(-c2ccc(Cl)cc2Cl)c(-c2ccc(Cl)cc2)c1C. The van der Waals surface area contributed by atoms with Gasteiger partial charge in [0.05, 0.1) is 16.4 Å². The summed E-state index contributed by atoms with van der Waals surface area (Å²) in [6.45, 7) is -4.13. The van der Waals surface area contributed by atoms with Crippen LogP contribution >= 0.6 is 34.8 Å². The normalized spacial score (nSPS) is 21.2. The monoisotopic (exact) mass is 502 g/mol. The van der Waals surface area contributed by atoms with Crippen molar-refractivity contribution in [1.82, 2.24) is 20.2 Å². The first kappa shape index (κ1) is 18.3. The third kappa shape index (κ3) is 4.76. The van der Waals surface area contributed by atoms with E-state index >= 15 is 0 Å². The zero-order valence-corrected chi connectivity index (χ0v) is 18.9. The smallest absolute Gasteiger partial charge is 0.283 e. The maximum absolute atomic E-state index is 14.0. The Morgan fingerprint density at radius 3 is 2.34 bits per heavy atom. The summed E-state index contributed by atoms with van der Waals surface area (Å²) in [5.41, 5.74) is 3.76. The van der Waals surface area contributed by atoms with Crippen molar-refractivity contribution in [1.29, 1.82) is 0 Å². The molecule has 0 saturated carbocycles. The molecule has 4 rings (SSSR count). The van der Waals surface area contributed by atoms with E-state index in [2.05, 4.69) is 10.5 Å². The van der Waals surface area contributed by atoms with Crippen LogP contribution in [0.4, 0.5) is 8.78 Å². The second kappa shape index (κ2) is 8.98. The summed E-state index contributed by atoms with van der Waals surface area (Å²) in [5, 5.41) is 5.77. The molecule has 0 atom stereocenters. The number of alkyl halides is 2. The minimum absolute atomic E-state index is 0.185. The average Bonchev–Trinajstić information content (AvgIpc) is 3.06. The van der Waals surface area contributed by atoms with Gasteiger partial charge in [0.1, 0.15) is 0 Å². The number of amides is 1. The number of nitrogens with one attached hydrogen (secondary N) is 1. The van der Waals surface area contributed by atoms with Crippen LogP contribution in [0.25, 0.3) is 16.9 Å². The number of hydrazine groups is 1. The molecular weight excluding hydrogens is 481 g/mol. The van der Waals surface area contributed by atoms with Gasteiger partial charge >= 0.3 is 0 Å². The Morgan fingerprint density at radius 2 is 1.72 bits per heavy atom. The van der Waals surface area contributed by atoms with Gasteiger partial charge in [0.15, 0.2) is 5.69 Å². The summed E-state index contributed by atoms with van der Waals surface area (Å²) in [4.78, 5) is 13.3. The van der Waals surface area contributed by atoms with Crippen LogP contribution in [0.5, 0.6) is 0 Å². The first-order valence-electron chi connectivity index (χ1n) is 11.4. The van der Waals surface area contributed by atoms with Gasteiger partial charge in [-0.2, -0.15) is 5.10 Å². The van der Waals surface area contributed by atoms with Crippen molar-refractivity contribution in [3.8, 4) is 16.9 Å². The molecule has 0 aliphatic carbocycles. The minimum Gasteiger partial charge on any atom is -0.283 e. The van der Waals surface area contributed by atoms with E-state index < -0.39 is 37.7 Å². The van der Waals surface area contributed by atoms with Crippen molar-refractivity contribution in [3.05, 3.63) is 68.8 Å². The summed E-state index contributed by atoms with van der Waals surface area (Å²) in [5.74, 6) is -4.57. The van der Waals surface area contributed by atoms with Crippen molar-refractivity contribution in [3.63, 3.8) is 0 Å². The van der Waals surface area contributed by atoms with Crippen molar-refractivity contribution >= 4 is 40.7 Å². The van der Waals surface area contributed by atoms with Crippen LogP contribution in [-0.2, 0) is 0 Å². The number of rotatable bonds is 4. The van der Waals surface area contributed by atoms with Gasteiger partial charge in [-0.15, -0.1) is 0 Å². The Hall–Kier alpha value is -2.19. The first-order valence-corrected chi connectivity index (χ1v) is 10.5. The highest BCUT2D eigenvalue weighted by Crippen LogP contribution is 2.33. The Bertz CT molecular complexity index is 1320. The molecule has 0 unspecified atom stereocenters. The number of aromatic nitrogens is 2. The fourth-order valence-electron chi connectivity index (χ4n) is 3.23. The number of hydrogen-bond acceptors (Lipinski definition) is 3. The fourth-order valence-corrected chi connectivity index (χ4v) is 3.84. The largest absolute Gasteiger partial charge is 0.286 e. The maximum atomic E-state index is 14.0. The second-order valence-corrected chi connectivity index (χ2v) is 8.42. The maximum Gasteiger partial charge on any atom is 0.286 e. The van der Waals surface area contributed by atoms with E-state index in [-0.39, 0.29) is 15.7 Å². The Morgan fingerprint density at radius 1 is 1.09 bits per heavy atom. The molecule has 2 heterocycles. The van der Waals surface area contributed by atoms with Gasteiger partial charge in [-0.25, -0.2) is 18.5 Å². The quantitative estimate of drug-likeness (QED) is 0.462. The molecule has 168 valence electrons. The number of piperidine rings is 1. The van der Waals surface area contributed by atoms with E-state index in [1.54, 1.807) is 43.3 Å². The van der Waals surface area contributed by atoms with Crippen LogP contribution in [0.15, 0.2) is 42.5 Å². The lowest BCUT2D eigenvalue weighted by Crippen LogP contribution is -2.49. The first-order chi connectivity index (χ1) is 16.6.